The molecular weight excluding hydrogens is 520 g/mol. The van der Waals surface area contributed by atoms with Crippen molar-refractivity contribution in [2.75, 3.05) is 13.1 Å². The Morgan fingerprint density at radius 2 is 1.73 bits per heavy atom. The second-order valence-electron chi connectivity index (χ2n) is 11.1. The standard InChI is InChI=1S/C32H34N4O5/c1-21-9-10-22(2)24(17-21)19-41-26-13-11-25(12-14-26)32(34-27(37)18-23-7-5-4-6-8-23)15-16-36(29(32)39)20-31(3)28(38)33-30(40)35-31/h4-14,17H,15-16,18-20H2,1-3H3,(H,34,37)(H2,33,35,38,40). The van der Waals surface area contributed by atoms with Crippen molar-refractivity contribution in [2.45, 2.75) is 51.3 Å². The van der Waals surface area contributed by atoms with Gasteiger partial charge in [-0.25, -0.2) is 4.79 Å². The van der Waals surface area contributed by atoms with Crippen LogP contribution in [0.2, 0.25) is 0 Å². The fourth-order valence-electron chi connectivity index (χ4n) is 5.48. The maximum absolute atomic E-state index is 14.0. The number of hydrogen-bond acceptors (Lipinski definition) is 5. The highest BCUT2D eigenvalue weighted by atomic mass is 16.5. The van der Waals surface area contributed by atoms with Crippen LogP contribution in [0.15, 0.2) is 72.8 Å². The number of rotatable bonds is 9. The Bertz CT molecular complexity index is 1490. The molecule has 2 atom stereocenters. The van der Waals surface area contributed by atoms with Crippen LogP contribution in [0.4, 0.5) is 4.79 Å². The average molecular weight is 555 g/mol. The van der Waals surface area contributed by atoms with E-state index >= 15 is 0 Å². The molecule has 3 aromatic rings. The summed E-state index contributed by atoms with van der Waals surface area (Å²) in [6.07, 6.45) is 0.420. The average Bonchev–Trinajstić information content (AvgIpc) is 3.38. The number of nitrogens with one attached hydrogen (secondary N) is 3. The Balaban J connectivity index is 1.38. The Morgan fingerprint density at radius 3 is 2.41 bits per heavy atom. The predicted molar refractivity (Wildman–Crippen MR) is 153 cm³/mol. The van der Waals surface area contributed by atoms with E-state index in [2.05, 4.69) is 34.1 Å². The summed E-state index contributed by atoms with van der Waals surface area (Å²) in [4.78, 5) is 53.0. The van der Waals surface area contributed by atoms with Gasteiger partial charge in [-0.2, -0.15) is 0 Å². The molecule has 2 aliphatic rings. The zero-order valence-corrected chi connectivity index (χ0v) is 23.5. The lowest BCUT2D eigenvalue weighted by Gasteiger charge is -2.32. The fraction of sp³-hybridized carbons (Fsp3) is 0.312. The summed E-state index contributed by atoms with van der Waals surface area (Å²) in [6.45, 7) is 6.35. The van der Waals surface area contributed by atoms with Crippen molar-refractivity contribution < 1.29 is 23.9 Å². The van der Waals surface area contributed by atoms with E-state index in [1.165, 1.54) is 4.90 Å². The van der Waals surface area contributed by atoms with Gasteiger partial charge in [0.1, 0.15) is 23.4 Å². The lowest BCUT2D eigenvalue weighted by Crippen LogP contribution is -2.57. The predicted octanol–water partition coefficient (Wildman–Crippen LogP) is 3.27. The van der Waals surface area contributed by atoms with E-state index in [0.29, 0.717) is 30.9 Å². The molecule has 0 aromatic heterocycles. The zero-order valence-electron chi connectivity index (χ0n) is 23.5. The second-order valence-corrected chi connectivity index (χ2v) is 11.1. The van der Waals surface area contributed by atoms with E-state index in [4.69, 9.17) is 4.74 Å². The minimum atomic E-state index is -1.33. The molecule has 9 nitrogen and oxygen atoms in total. The van der Waals surface area contributed by atoms with E-state index in [9.17, 15) is 19.2 Å². The molecule has 2 fully saturated rings. The highest BCUT2D eigenvalue weighted by Gasteiger charge is 2.52. The van der Waals surface area contributed by atoms with Crippen molar-refractivity contribution >= 4 is 23.8 Å². The van der Waals surface area contributed by atoms with E-state index in [0.717, 1.165) is 22.3 Å². The summed E-state index contributed by atoms with van der Waals surface area (Å²) < 4.78 is 6.04. The highest BCUT2D eigenvalue weighted by Crippen LogP contribution is 2.36. The molecule has 2 heterocycles. The van der Waals surface area contributed by atoms with Crippen molar-refractivity contribution in [1.82, 2.24) is 20.9 Å². The first-order chi connectivity index (χ1) is 19.6. The number of benzene rings is 3. The van der Waals surface area contributed by atoms with Crippen molar-refractivity contribution in [1.29, 1.82) is 0 Å². The van der Waals surface area contributed by atoms with Crippen LogP contribution in [0.1, 0.15) is 41.2 Å². The van der Waals surface area contributed by atoms with Crippen LogP contribution in [0.3, 0.4) is 0 Å². The number of likely N-dealkylation sites (tertiary alicyclic amines) is 1. The number of carbonyl (C=O) groups is 4. The topological polar surface area (TPSA) is 117 Å². The van der Waals surface area contributed by atoms with Crippen LogP contribution in [0.5, 0.6) is 5.75 Å². The van der Waals surface area contributed by atoms with Crippen molar-refractivity contribution in [2.24, 2.45) is 0 Å². The molecule has 41 heavy (non-hydrogen) atoms. The second kappa shape index (κ2) is 11.1. The number of nitrogens with zero attached hydrogens (tertiary/aromatic N) is 1. The van der Waals surface area contributed by atoms with Crippen LogP contribution < -0.4 is 20.7 Å². The van der Waals surface area contributed by atoms with Gasteiger partial charge < -0.3 is 20.3 Å². The third-order valence-electron chi connectivity index (χ3n) is 7.84. The summed E-state index contributed by atoms with van der Waals surface area (Å²) in [7, 11) is 0. The van der Waals surface area contributed by atoms with E-state index in [1.54, 1.807) is 31.2 Å². The fourth-order valence-corrected chi connectivity index (χ4v) is 5.48. The molecule has 2 saturated heterocycles. The Hall–Kier alpha value is -4.66. The summed E-state index contributed by atoms with van der Waals surface area (Å²) in [5.41, 5.74) is 2.26. The minimum absolute atomic E-state index is 0.0171. The van der Waals surface area contributed by atoms with Gasteiger partial charge in [0.05, 0.1) is 13.0 Å². The molecule has 2 unspecified atom stereocenters. The summed E-state index contributed by atoms with van der Waals surface area (Å²) in [5.74, 6) is -0.482. The van der Waals surface area contributed by atoms with Crippen LogP contribution in [-0.2, 0) is 33.0 Å². The van der Waals surface area contributed by atoms with E-state index in [1.807, 2.05) is 44.2 Å². The third-order valence-corrected chi connectivity index (χ3v) is 7.84. The number of imide groups is 1. The van der Waals surface area contributed by atoms with Crippen LogP contribution >= 0.6 is 0 Å². The van der Waals surface area contributed by atoms with Crippen LogP contribution in [-0.4, -0.2) is 47.3 Å². The zero-order chi connectivity index (χ0) is 29.2. The highest BCUT2D eigenvalue weighted by molar-refractivity contribution is 6.07. The lowest BCUT2D eigenvalue weighted by atomic mass is 9.87. The summed E-state index contributed by atoms with van der Waals surface area (Å²) in [5, 5.41) is 7.87. The molecule has 2 aliphatic heterocycles. The van der Waals surface area contributed by atoms with Crippen molar-refractivity contribution in [3.05, 3.63) is 101 Å². The molecule has 0 saturated carbocycles. The van der Waals surface area contributed by atoms with Gasteiger partial charge in [0.15, 0.2) is 0 Å². The number of aryl methyl sites for hydroxylation is 2. The SMILES string of the molecule is Cc1ccc(C)c(COc2ccc(C3(NC(=O)Cc4ccccc4)CCN(CC4(C)NC(=O)NC4=O)C3=O)cc2)c1. The Kier molecular flexibility index (Phi) is 7.53. The quantitative estimate of drug-likeness (QED) is 0.351. The van der Waals surface area contributed by atoms with E-state index in [-0.39, 0.29) is 24.8 Å². The molecule has 0 spiro atoms. The molecule has 0 aliphatic carbocycles. The maximum Gasteiger partial charge on any atom is 0.322 e. The number of carbonyl (C=O) groups excluding carboxylic acids is 4. The number of hydrogen-bond donors (Lipinski definition) is 3. The maximum atomic E-state index is 14.0. The number of amides is 5. The van der Waals surface area contributed by atoms with Gasteiger partial charge in [0, 0.05) is 13.0 Å². The van der Waals surface area contributed by atoms with Gasteiger partial charge >= 0.3 is 6.03 Å². The molecule has 3 N–H and O–H groups in total. The molecule has 5 rings (SSSR count). The first-order valence-electron chi connectivity index (χ1n) is 13.7. The van der Waals surface area contributed by atoms with Gasteiger partial charge in [0.25, 0.3) is 11.8 Å². The molecular formula is C32H34N4O5. The van der Waals surface area contributed by atoms with Gasteiger partial charge in [-0.05, 0) is 55.2 Å². The Morgan fingerprint density at radius 1 is 1.00 bits per heavy atom. The smallest absolute Gasteiger partial charge is 0.322 e. The van der Waals surface area contributed by atoms with Gasteiger partial charge in [-0.1, -0.05) is 66.2 Å². The van der Waals surface area contributed by atoms with Crippen molar-refractivity contribution in [3.63, 3.8) is 0 Å². The van der Waals surface area contributed by atoms with Crippen molar-refractivity contribution in [3.8, 4) is 5.75 Å². The first kappa shape index (κ1) is 27.9. The molecule has 5 amide bonds. The largest absolute Gasteiger partial charge is 0.489 e. The third kappa shape index (κ3) is 5.79. The molecule has 9 heteroatoms. The number of ether oxygens (including phenoxy) is 1. The molecule has 212 valence electrons. The minimum Gasteiger partial charge on any atom is -0.489 e. The van der Waals surface area contributed by atoms with Crippen LogP contribution in [0.25, 0.3) is 0 Å². The summed E-state index contributed by atoms with van der Waals surface area (Å²) >= 11 is 0. The van der Waals surface area contributed by atoms with E-state index < -0.39 is 23.0 Å². The monoisotopic (exact) mass is 554 g/mol. The van der Waals surface area contributed by atoms with Gasteiger partial charge in [-0.3, -0.25) is 19.7 Å². The molecule has 0 bridgehead atoms. The molecule has 3 aromatic carbocycles. The molecule has 0 radical (unpaired) electrons. The lowest BCUT2D eigenvalue weighted by molar-refractivity contribution is -0.138. The first-order valence-corrected chi connectivity index (χ1v) is 13.7. The van der Waals surface area contributed by atoms with Gasteiger partial charge in [0.2, 0.25) is 5.91 Å². The number of urea groups is 1. The Labute approximate surface area is 239 Å². The summed E-state index contributed by atoms with van der Waals surface area (Å²) in [6, 6.07) is 22.2. The normalized spacial score (nSPS) is 21.9. The van der Waals surface area contributed by atoms with Gasteiger partial charge in [-0.15, -0.1) is 0 Å². The van der Waals surface area contributed by atoms with Crippen LogP contribution in [0, 0.1) is 13.8 Å².